The minimum absolute atomic E-state index is 0.139. The summed E-state index contributed by atoms with van der Waals surface area (Å²) in [6, 6.07) is 7.27. The third-order valence-electron chi connectivity index (χ3n) is 3.91. The fourth-order valence-corrected chi connectivity index (χ4v) is 3.13. The van der Waals surface area contributed by atoms with E-state index in [1.807, 2.05) is 19.9 Å². The molecule has 0 aliphatic rings. The van der Waals surface area contributed by atoms with Crippen LogP contribution in [0.4, 0.5) is 0 Å². The zero-order valence-corrected chi connectivity index (χ0v) is 14.5. The Morgan fingerprint density at radius 3 is 2.38 bits per heavy atom. The normalized spacial score (nSPS) is 15.1. The van der Waals surface area contributed by atoms with Crippen molar-refractivity contribution in [3.8, 4) is 0 Å². The average Bonchev–Trinajstić information content (AvgIpc) is 2.45. The minimum atomic E-state index is -3.44. The van der Waals surface area contributed by atoms with Gasteiger partial charge in [-0.05, 0) is 43.0 Å². The Morgan fingerprint density at radius 2 is 1.81 bits per heavy atom. The number of benzene rings is 1. The summed E-state index contributed by atoms with van der Waals surface area (Å²) in [5, 5.41) is 3.29. The van der Waals surface area contributed by atoms with Gasteiger partial charge in [0, 0.05) is 12.6 Å². The first-order chi connectivity index (χ1) is 9.77. The first kappa shape index (κ1) is 18.1. The van der Waals surface area contributed by atoms with Gasteiger partial charge in [0.25, 0.3) is 0 Å². The van der Waals surface area contributed by atoms with E-state index in [0.29, 0.717) is 23.3 Å². The van der Waals surface area contributed by atoms with Crippen molar-refractivity contribution in [2.75, 3.05) is 13.1 Å². The van der Waals surface area contributed by atoms with Crippen molar-refractivity contribution in [2.45, 2.75) is 45.6 Å². The summed E-state index contributed by atoms with van der Waals surface area (Å²) in [5.41, 5.74) is 0.983. The third kappa shape index (κ3) is 5.41. The Bertz CT molecular complexity index is 541. The highest BCUT2D eigenvalue weighted by Crippen LogP contribution is 2.18. The molecule has 2 atom stereocenters. The lowest BCUT2D eigenvalue weighted by Crippen LogP contribution is -2.30. The predicted molar refractivity (Wildman–Crippen MR) is 87.7 cm³/mol. The minimum Gasteiger partial charge on any atom is -0.310 e. The lowest BCUT2D eigenvalue weighted by molar-refractivity contribution is 0.414. The molecular formula is C16H28N2O2S. The van der Waals surface area contributed by atoms with Crippen LogP contribution in [-0.2, 0) is 10.0 Å². The maximum absolute atomic E-state index is 12.4. The third-order valence-corrected chi connectivity index (χ3v) is 5.33. The Kier molecular flexibility index (Phi) is 6.84. The average molecular weight is 312 g/mol. The Hall–Kier alpha value is -0.910. The van der Waals surface area contributed by atoms with Crippen LogP contribution in [0.1, 0.15) is 46.2 Å². The molecule has 21 heavy (non-hydrogen) atoms. The van der Waals surface area contributed by atoms with E-state index < -0.39 is 10.0 Å². The first-order valence-corrected chi connectivity index (χ1v) is 9.09. The van der Waals surface area contributed by atoms with Crippen LogP contribution in [-0.4, -0.2) is 21.5 Å². The molecule has 0 bridgehead atoms. The molecule has 4 nitrogen and oxygen atoms in total. The van der Waals surface area contributed by atoms with Gasteiger partial charge in [0.1, 0.15) is 0 Å². The highest BCUT2D eigenvalue weighted by molar-refractivity contribution is 7.89. The SMILES string of the molecule is CCNC(C)c1cccc(S(=O)(=O)NCC(C)C(C)C)c1. The van der Waals surface area contributed by atoms with Gasteiger partial charge in [0.05, 0.1) is 4.90 Å². The summed E-state index contributed by atoms with van der Waals surface area (Å²) in [7, 11) is -3.44. The second-order valence-electron chi connectivity index (χ2n) is 5.93. The van der Waals surface area contributed by atoms with Crippen LogP contribution in [0.25, 0.3) is 0 Å². The van der Waals surface area contributed by atoms with Crippen LogP contribution in [0.5, 0.6) is 0 Å². The monoisotopic (exact) mass is 312 g/mol. The second kappa shape index (κ2) is 7.92. The van der Waals surface area contributed by atoms with Crippen molar-refractivity contribution in [1.82, 2.24) is 10.0 Å². The van der Waals surface area contributed by atoms with Gasteiger partial charge in [0.15, 0.2) is 0 Å². The largest absolute Gasteiger partial charge is 0.310 e. The molecule has 2 N–H and O–H groups in total. The van der Waals surface area contributed by atoms with E-state index in [1.165, 1.54) is 0 Å². The second-order valence-corrected chi connectivity index (χ2v) is 7.69. The van der Waals surface area contributed by atoms with Gasteiger partial charge in [-0.3, -0.25) is 0 Å². The van der Waals surface area contributed by atoms with E-state index in [1.54, 1.807) is 18.2 Å². The van der Waals surface area contributed by atoms with E-state index >= 15 is 0 Å². The van der Waals surface area contributed by atoms with Gasteiger partial charge >= 0.3 is 0 Å². The van der Waals surface area contributed by atoms with E-state index in [2.05, 4.69) is 30.8 Å². The van der Waals surface area contributed by atoms with Gasteiger partial charge in [-0.2, -0.15) is 0 Å². The van der Waals surface area contributed by atoms with Crippen molar-refractivity contribution in [2.24, 2.45) is 11.8 Å². The number of nitrogens with one attached hydrogen (secondary N) is 2. The number of hydrogen-bond acceptors (Lipinski definition) is 3. The maximum atomic E-state index is 12.4. The molecule has 0 radical (unpaired) electrons. The highest BCUT2D eigenvalue weighted by atomic mass is 32.2. The number of rotatable bonds is 8. The van der Waals surface area contributed by atoms with Crippen LogP contribution in [0, 0.1) is 11.8 Å². The summed E-state index contributed by atoms with van der Waals surface area (Å²) in [6.07, 6.45) is 0. The quantitative estimate of drug-likeness (QED) is 0.776. The molecule has 5 heteroatoms. The molecule has 0 aromatic heterocycles. The lowest BCUT2D eigenvalue weighted by Gasteiger charge is -2.17. The highest BCUT2D eigenvalue weighted by Gasteiger charge is 2.17. The van der Waals surface area contributed by atoms with Gasteiger partial charge in [0.2, 0.25) is 10.0 Å². The Balaban J connectivity index is 2.86. The molecular weight excluding hydrogens is 284 g/mol. The number of sulfonamides is 1. The van der Waals surface area contributed by atoms with Gasteiger partial charge in [-0.25, -0.2) is 13.1 Å². The Morgan fingerprint density at radius 1 is 1.14 bits per heavy atom. The zero-order valence-electron chi connectivity index (χ0n) is 13.7. The van der Waals surface area contributed by atoms with E-state index in [-0.39, 0.29) is 6.04 Å². The fraction of sp³-hybridized carbons (Fsp3) is 0.625. The molecule has 0 saturated carbocycles. The van der Waals surface area contributed by atoms with Crippen LogP contribution < -0.4 is 10.0 Å². The molecule has 0 fully saturated rings. The molecule has 1 aromatic rings. The standard InChI is InChI=1S/C16H28N2O2S/c1-6-17-14(5)15-8-7-9-16(10-15)21(19,20)18-11-13(4)12(2)3/h7-10,12-14,17-18H,6,11H2,1-5H3. The summed E-state index contributed by atoms with van der Waals surface area (Å²) >= 11 is 0. The summed E-state index contributed by atoms with van der Waals surface area (Å²) in [4.78, 5) is 0.334. The van der Waals surface area contributed by atoms with Crippen LogP contribution in [0.3, 0.4) is 0 Å². The molecule has 0 spiro atoms. The molecule has 2 unspecified atom stereocenters. The van der Waals surface area contributed by atoms with Crippen molar-refractivity contribution in [1.29, 1.82) is 0 Å². The van der Waals surface area contributed by atoms with Gasteiger partial charge in [-0.15, -0.1) is 0 Å². The van der Waals surface area contributed by atoms with Gasteiger partial charge in [-0.1, -0.05) is 39.8 Å². The van der Waals surface area contributed by atoms with Crippen molar-refractivity contribution >= 4 is 10.0 Å². The Labute approximate surface area is 129 Å². The lowest BCUT2D eigenvalue weighted by atomic mass is 9.99. The van der Waals surface area contributed by atoms with Crippen molar-refractivity contribution in [3.05, 3.63) is 29.8 Å². The van der Waals surface area contributed by atoms with Crippen LogP contribution >= 0.6 is 0 Å². The zero-order chi connectivity index (χ0) is 16.0. The van der Waals surface area contributed by atoms with Crippen molar-refractivity contribution in [3.63, 3.8) is 0 Å². The molecule has 1 rings (SSSR count). The molecule has 120 valence electrons. The molecule has 0 saturated heterocycles. The maximum Gasteiger partial charge on any atom is 0.240 e. The summed E-state index contributed by atoms with van der Waals surface area (Å²) in [5.74, 6) is 0.761. The van der Waals surface area contributed by atoms with Crippen molar-refractivity contribution < 1.29 is 8.42 Å². The summed E-state index contributed by atoms with van der Waals surface area (Å²) < 4.78 is 27.4. The smallest absolute Gasteiger partial charge is 0.240 e. The first-order valence-electron chi connectivity index (χ1n) is 7.61. The summed E-state index contributed by atoms with van der Waals surface area (Å²) in [6.45, 7) is 11.6. The van der Waals surface area contributed by atoms with E-state index in [4.69, 9.17) is 0 Å². The predicted octanol–water partition coefficient (Wildman–Crippen LogP) is 2.93. The molecule has 0 aliphatic carbocycles. The molecule has 0 aliphatic heterocycles. The number of hydrogen-bond donors (Lipinski definition) is 2. The van der Waals surface area contributed by atoms with Crippen LogP contribution in [0.15, 0.2) is 29.2 Å². The van der Waals surface area contributed by atoms with E-state index in [0.717, 1.165) is 12.1 Å². The van der Waals surface area contributed by atoms with Gasteiger partial charge < -0.3 is 5.32 Å². The molecule has 1 aromatic carbocycles. The molecule has 0 amide bonds. The van der Waals surface area contributed by atoms with E-state index in [9.17, 15) is 8.42 Å². The molecule has 0 heterocycles. The van der Waals surface area contributed by atoms with Crippen LogP contribution in [0.2, 0.25) is 0 Å². The fourth-order valence-electron chi connectivity index (χ4n) is 1.94. The topological polar surface area (TPSA) is 58.2 Å².